The molecule has 0 saturated heterocycles. The van der Waals surface area contributed by atoms with Gasteiger partial charge in [0.1, 0.15) is 0 Å². The molecule has 41 heavy (non-hydrogen) atoms. The van der Waals surface area contributed by atoms with Gasteiger partial charge in [0.2, 0.25) is 0 Å². The molecule has 0 aliphatic heterocycles. The second kappa shape index (κ2) is 8.48. The number of aromatic nitrogens is 3. The molecule has 0 radical (unpaired) electrons. The molecule has 1 aliphatic rings. The van der Waals surface area contributed by atoms with E-state index in [-0.39, 0.29) is 0 Å². The molecule has 3 heteroatoms. The summed E-state index contributed by atoms with van der Waals surface area (Å²) in [7, 11) is 0. The van der Waals surface area contributed by atoms with Gasteiger partial charge in [-0.25, -0.2) is 9.97 Å². The maximum atomic E-state index is 5.17. The monoisotopic (exact) mass is 521 g/mol. The van der Waals surface area contributed by atoms with E-state index in [0.29, 0.717) is 0 Å². The molecule has 9 rings (SSSR count). The molecular formula is C38H23N3. The first-order valence-electron chi connectivity index (χ1n) is 13.9. The number of benzene rings is 5. The van der Waals surface area contributed by atoms with E-state index in [1.165, 1.54) is 49.6 Å². The van der Waals surface area contributed by atoms with Crippen LogP contribution in [0.2, 0.25) is 0 Å². The van der Waals surface area contributed by atoms with Crippen LogP contribution in [0.25, 0.3) is 83.2 Å². The molecule has 5 aromatic carbocycles. The van der Waals surface area contributed by atoms with Gasteiger partial charge in [-0.05, 0) is 70.3 Å². The van der Waals surface area contributed by atoms with Crippen molar-refractivity contribution in [3.63, 3.8) is 0 Å². The van der Waals surface area contributed by atoms with E-state index >= 15 is 0 Å². The first-order chi connectivity index (χ1) is 20.3. The number of hydrogen-bond acceptors (Lipinski definition) is 2. The van der Waals surface area contributed by atoms with Crippen molar-refractivity contribution in [2.75, 3.05) is 0 Å². The molecular weight excluding hydrogens is 498 g/mol. The average molecular weight is 522 g/mol. The summed E-state index contributed by atoms with van der Waals surface area (Å²) >= 11 is 0. The van der Waals surface area contributed by atoms with Gasteiger partial charge in [0.05, 0.1) is 16.7 Å². The summed E-state index contributed by atoms with van der Waals surface area (Å²) in [5.74, 6) is 0. The van der Waals surface area contributed by atoms with Crippen LogP contribution >= 0.6 is 0 Å². The SMILES string of the molecule is c1ccc2c(c1)-c1ccc(-n3c4ccccc4c4ccccc43)cc1-c1ccccc1-c1nc3ncccc3cc1-2. The topological polar surface area (TPSA) is 30.7 Å². The van der Waals surface area contributed by atoms with Crippen molar-refractivity contribution in [2.24, 2.45) is 0 Å². The van der Waals surface area contributed by atoms with E-state index in [1.54, 1.807) is 0 Å². The highest BCUT2D eigenvalue weighted by Gasteiger charge is 2.24. The predicted octanol–water partition coefficient (Wildman–Crippen LogP) is 9.71. The minimum atomic E-state index is 0.762. The fourth-order valence-corrected chi connectivity index (χ4v) is 6.62. The third kappa shape index (κ3) is 3.20. The lowest BCUT2D eigenvalue weighted by Gasteiger charge is -2.23. The lowest BCUT2D eigenvalue weighted by atomic mass is 9.82. The number of rotatable bonds is 1. The van der Waals surface area contributed by atoms with Gasteiger partial charge in [0.15, 0.2) is 5.65 Å². The number of hydrogen-bond donors (Lipinski definition) is 0. The van der Waals surface area contributed by atoms with Gasteiger partial charge in [-0.2, -0.15) is 0 Å². The van der Waals surface area contributed by atoms with E-state index in [4.69, 9.17) is 4.98 Å². The van der Waals surface area contributed by atoms with Crippen molar-refractivity contribution in [3.05, 3.63) is 140 Å². The number of fused-ring (bicyclic) bond motifs is 12. The van der Waals surface area contributed by atoms with Crippen LogP contribution in [0.5, 0.6) is 0 Å². The zero-order chi connectivity index (χ0) is 26.9. The maximum absolute atomic E-state index is 5.17. The molecule has 0 bridgehead atoms. The lowest BCUT2D eigenvalue weighted by molar-refractivity contribution is 1.18. The Morgan fingerprint density at radius 3 is 1.76 bits per heavy atom. The zero-order valence-electron chi connectivity index (χ0n) is 22.1. The van der Waals surface area contributed by atoms with Crippen LogP contribution in [-0.2, 0) is 0 Å². The Kier molecular flexibility index (Phi) is 4.61. The summed E-state index contributed by atoms with van der Waals surface area (Å²) in [5, 5.41) is 3.57. The molecule has 0 atom stereocenters. The second-order valence-electron chi connectivity index (χ2n) is 10.6. The van der Waals surface area contributed by atoms with E-state index in [0.717, 1.165) is 33.5 Å². The Bertz CT molecular complexity index is 2270. The Balaban J connectivity index is 1.40. The quantitative estimate of drug-likeness (QED) is 0.215. The number of pyridine rings is 2. The van der Waals surface area contributed by atoms with Crippen LogP contribution in [0.3, 0.4) is 0 Å². The minimum absolute atomic E-state index is 0.762. The van der Waals surface area contributed by atoms with Crippen LogP contribution in [-0.4, -0.2) is 14.5 Å². The molecule has 190 valence electrons. The molecule has 3 nitrogen and oxygen atoms in total. The first kappa shape index (κ1) is 22.3. The molecule has 8 aromatic rings. The van der Waals surface area contributed by atoms with Crippen molar-refractivity contribution >= 4 is 32.8 Å². The molecule has 0 saturated carbocycles. The fraction of sp³-hybridized carbons (Fsp3) is 0. The molecule has 3 aromatic heterocycles. The predicted molar refractivity (Wildman–Crippen MR) is 169 cm³/mol. The van der Waals surface area contributed by atoms with Crippen molar-refractivity contribution in [3.8, 4) is 50.3 Å². The Morgan fingerprint density at radius 1 is 0.439 bits per heavy atom. The fourth-order valence-electron chi connectivity index (χ4n) is 6.62. The van der Waals surface area contributed by atoms with Crippen LogP contribution in [0.4, 0.5) is 0 Å². The zero-order valence-corrected chi connectivity index (χ0v) is 22.1. The average Bonchev–Trinajstić information content (AvgIpc) is 3.38. The summed E-state index contributed by atoms with van der Waals surface area (Å²) in [4.78, 5) is 9.78. The third-order valence-electron chi connectivity index (χ3n) is 8.41. The van der Waals surface area contributed by atoms with Gasteiger partial charge in [0.25, 0.3) is 0 Å². The summed E-state index contributed by atoms with van der Waals surface area (Å²) in [5.41, 5.74) is 13.5. The van der Waals surface area contributed by atoms with Crippen molar-refractivity contribution in [1.29, 1.82) is 0 Å². The largest absolute Gasteiger partial charge is 0.309 e. The standard InChI is InChI=1S/C38H23N3/c1-2-12-27-26(11-1)29-20-19-25(41-35-17-7-5-14-30(35)31-15-6-8-18-36(31)41)23-33(29)28-13-3-4-16-32(28)37-34(27)22-24-10-9-21-39-38(24)40-37/h1-23H. The van der Waals surface area contributed by atoms with E-state index in [1.807, 2.05) is 12.3 Å². The van der Waals surface area contributed by atoms with Crippen LogP contribution in [0.15, 0.2) is 140 Å². The Hall–Kier alpha value is -5.54. The molecule has 3 heterocycles. The number of para-hydroxylation sites is 2. The second-order valence-corrected chi connectivity index (χ2v) is 10.6. The van der Waals surface area contributed by atoms with Crippen LogP contribution < -0.4 is 0 Å². The first-order valence-corrected chi connectivity index (χ1v) is 13.9. The number of nitrogens with zero attached hydrogens (tertiary/aromatic N) is 3. The molecule has 0 amide bonds. The van der Waals surface area contributed by atoms with Crippen molar-refractivity contribution in [1.82, 2.24) is 14.5 Å². The molecule has 0 spiro atoms. The molecule has 1 aliphatic carbocycles. The molecule has 0 unspecified atom stereocenters. The van der Waals surface area contributed by atoms with Gasteiger partial charge >= 0.3 is 0 Å². The van der Waals surface area contributed by atoms with Gasteiger partial charge in [-0.15, -0.1) is 0 Å². The summed E-state index contributed by atoms with van der Waals surface area (Å²) in [6.45, 7) is 0. The Morgan fingerprint density at radius 2 is 1.02 bits per heavy atom. The summed E-state index contributed by atoms with van der Waals surface area (Å²) in [6.07, 6.45) is 1.82. The van der Waals surface area contributed by atoms with Gasteiger partial charge in [-0.3, -0.25) is 0 Å². The van der Waals surface area contributed by atoms with Crippen LogP contribution in [0.1, 0.15) is 0 Å². The van der Waals surface area contributed by atoms with Gasteiger partial charge < -0.3 is 4.57 Å². The Labute approximate surface area is 237 Å². The van der Waals surface area contributed by atoms with Crippen molar-refractivity contribution in [2.45, 2.75) is 0 Å². The molecule has 0 N–H and O–H groups in total. The van der Waals surface area contributed by atoms with Crippen molar-refractivity contribution < 1.29 is 0 Å². The molecule has 0 fully saturated rings. The van der Waals surface area contributed by atoms with Gasteiger partial charge in [-0.1, -0.05) is 91.0 Å². The van der Waals surface area contributed by atoms with Gasteiger partial charge in [0, 0.05) is 39.2 Å². The third-order valence-corrected chi connectivity index (χ3v) is 8.41. The normalized spacial score (nSPS) is 11.9. The van der Waals surface area contributed by atoms with E-state index in [9.17, 15) is 0 Å². The summed E-state index contributed by atoms with van der Waals surface area (Å²) in [6, 6.07) is 48.0. The minimum Gasteiger partial charge on any atom is -0.309 e. The highest BCUT2D eigenvalue weighted by molar-refractivity contribution is 6.10. The highest BCUT2D eigenvalue weighted by atomic mass is 15.0. The smallest absolute Gasteiger partial charge is 0.159 e. The van der Waals surface area contributed by atoms with E-state index in [2.05, 4.69) is 137 Å². The maximum Gasteiger partial charge on any atom is 0.159 e. The summed E-state index contributed by atoms with van der Waals surface area (Å²) < 4.78 is 2.39. The lowest BCUT2D eigenvalue weighted by Crippen LogP contribution is -2.01. The highest BCUT2D eigenvalue weighted by Crippen LogP contribution is 2.48. The van der Waals surface area contributed by atoms with E-state index < -0.39 is 0 Å². The van der Waals surface area contributed by atoms with Crippen LogP contribution in [0, 0.1) is 0 Å².